The first-order valence-corrected chi connectivity index (χ1v) is 8.37. The highest BCUT2D eigenvalue weighted by Crippen LogP contribution is 2.32. The quantitative estimate of drug-likeness (QED) is 0.815. The summed E-state index contributed by atoms with van der Waals surface area (Å²) >= 11 is 11.3. The van der Waals surface area contributed by atoms with E-state index < -0.39 is 0 Å². The molecular weight excluding hydrogens is 342 g/mol. The van der Waals surface area contributed by atoms with E-state index in [4.69, 9.17) is 23.8 Å². The molecule has 1 aliphatic rings. The smallest absolute Gasteiger partial charge is 0.193 e. The molecule has 124 valence electrons. The minimum Gasteiger partial charge on any atom is -0.508 e. The monoisotopic (exact) mass is 359 g/mol. The Morgan fingerprint density at radius 2 is 1.92 bits per heavy atom. The Bertz CT molecular complexity index is 802. The molecule has 0 amide bonds. The molecule has 0 radical (unpaired) electrons. The van der Waals surface area contributed by atoms with Crippen molar-refractivity contribution in [2.24, 2.45) is 4.99 Å². The van der Waals surface area contributed by atoms with E-state index in [0.717, 1.165) is 22.5 Å². The Hall–Kier alpha value is -2.11. The lowest BCUT2D eigenvalue weighted by molar-refractivity contribution is 0.458. The first kappa shape index (κ1) is 16.7. The van der Waals surface area contributed by atoms with Crippen LogP contribution in [0.1, 0.15) is 23.6 Å². The fraction of sp³-hybridized carbons (Fsp3) is 0.222. The number of rotatable bonds is 3. The molecule has 6 heteroatoms. The van der Waals surface area contributed by atoms with Gasteiger partial charge in [-0.2, -0.15) is 0 Å². The highest BCUT2D eigenvalue weighted by molar-refractivity contribution is 7.80. The predicted octanol–water partition coefficient (Wildman–Crippen LogP) is 3.92. The van der Waals surface area contributed by atoms with Gasteiger partial charge in [-0.1, -0.05) is 23.7 Å². The third-order valence-electron chi connectivity index (χ3n) is 4.01. The highest BCUT2D eigenvalue weighted by atomic mass is 35.5. The summed E-state index contributed by atoms with van der Waals surface area (Å²) in [6.07, 6.45) is 0.620. The van der Waals surface area contributed by atoms with E-state index in [0.29, 0.717) is 16.6 Å². The second kappa shape index (κ2) is 6.79. The van der Waals surface area contributed by atoms with Crippen molar-refractivity contribution in [2.75, 3.05) is 19.0 Å². The number of benzene rings is 2. The summed E-state index contributed by atoms with van der Waals surface area (Å²) in [4.78, 5) is 6.51. The van der Waals surface area contributed by atoms with Crippen molar-refractivity contribution in [3.63, 3.8) is 0 Å². The lowest BCUT2D eigenvalue weighted by atomic mass is 9.95. The van der Waals surface area contributed by atoms with E-state index in [-0.39, 0.29) is 11.8 Å². The summed E-state index contributed by atoms with van der Waals surface area (Å²) in [5.74, 6) is 0.198. The minimum atomic E-state index is -0.155. The molecule has 2 aromatic carbocycles. The highest BCUT2D eigenvalue weighted by Gasteiger charge is 2.24. The fourth-order valence-electron chi connectivity index (χ4n) is 2.72. The number of phenolic OH excluding ortho intramolecular Hbond substituents is 1. The van der Waals surface area contributed by atoms with E-state index in [2.05, 4.69) is 22.4 Å². The molecular formula is C18H18ClN3OS. The molecule has 0 bridgehead atoms. The summed E-state index contributed by atoms with van der Waals surface area (Å²) in [7, 11) is 4.01. The van der Waals surface area contributed by atoms with Gasteiger partial charge in [-0.15, -0.1) is 0 Å². The molecule has 0 spiro atoms. The van der Waals surface area contributed by atoms with Crippen LogP contribution in [0.25, 0.3) is 0 Å². The van der Waals surface area contributed by atoms with Gasteiger partial charge in [0.15, 0.2) is 5.11 Å². The summed E-state index contributed by atoms with van der Waals surface area (Å²) < 4.78 is 0. The van der Waals surface area contributed by atoms with Crippen LogP contribution in [0.2, 0.25) is 5.02 Å². The average Bonchev–Trinajstić information content (AvgIpc) is 2.56. The summed E-state index contributed by atoms with van der Waals surface area (Å²) in [6.45, 7) is 0. The lowest BCUT2D eigenvalue weighted by Gasteiger charge is -2.26. The van der Waals surface area contributed by atoms with Gasteiger partial charge in [0.1, 0.15) is 5.75 Å². The topological polar surface area (TPSA) is 47.9 Å². The van der Waals surface area contributed by atoms with Crippen molar-refractivity contribution in [1.82, 2.24) is 5.32 Å². The van der Waals surface area contributed by atoms with Gasteiger partial charge in [-0.3, -0.25) is 0 Å². The normalized spacial score (nSPS) is 17.2. The zero-order valence-electron chi connectivity index (χ0n) is 13.5. The molecule has 1 aliphatic heterocycles. The molecule has 0 saturated heterocycles. The van der Waals surface area contributed by atoms with Gasteiger partial charge in [-0.25, -0.2) is 4.99 Å². The van der Waals surface area contributed by atoms with Crippen molar-refractivity contribution < 1.29 is 5.11 Å². The van der Waals surface area contributed by atoms with Crippen LogP contribution in [0.3, 0.4) is 0 Å². The van der Waals surface area contributed by atoms with Crippen molar-refractivity contribution in [1.29, 1.82) is 0 Å². The number of aromatic hydroxyl groups is 1. The summed E-state index contributed by atoms with van der Waals surface area (Å²) in [6, 6.07) is 13.0. The van der Waals surface area contributed by atoms with Crippen LogP contribution < -0.4 is 10.2 Å². The number of thiocarbonyl (C=S) groups is 1. The van der Waals surface area contributed by atoms with E-state index in [1.165, 1.54) is 0 Å². The van der Waals surface area contributed by atoms with Crippen LogP contribution in [-0.2, 0) is 0 Å². The number of aliphatic imine (C=N–C) groups is 1. The standard InChI is InChI=1S/C18H18ClN3OS/c1-22(2)13-6-3-11(4-7-13)15-10-16(21-18(24)20-15)14-9-12(19)5-8-17(14)23/h3-9,16,23H,10H2,1-2H3,(H,21,24). The van der Waals surface area contributed by atoms with Gasteiger partial charge < -0.3 is 15.3 Å². The van der Waals surface area contributed by atoms with Gasteiger partial charge in [-0.05, 0) is 48.1 Å². The third kappa shape index (κ3) is 3.52. The Morgan fingerprint density at radius 3 is 2.58 bits per heavy atom. The number of phenols is 1. The van der Waals surface area contributed by atoms with Crippen LogP contribution in [0.5, 0.6) is 5.75 Å². The molecule has 1 atom stereocenters. The van der Waals surface area contributed by atoms with Crippen molar-refractivity contribution in [3.05, 3.63) is 58.6 Å². The van der Waals surface area contributed by atoms with Crippen LogP contribution in [0, 0.1) is 0 Å². The maximum absolute atomic E-state index is 10.1. The molecule has 3 rings (SSSR count). The second-order valence-corrected chi connectivity index (χ2v) is 6.73. The van der Waals surface area contributed by atoms with Crippen molar-refractivity contribution in [2.45, 2.75) is 12.5 Å². The Morgan fingerprint density at radius 1 is 1.21 bits per heavy atom. The maximum atomic E-state index is 10.1. The van der Waals surface area contributed by atoms with E-state index in [9.17, 15) is 5.11 Å². The molecule has 1 unspecified atom stereocenters. The lowest BCUT2D eigenvalue weighted by Crippen LogP contribution is -2.33. The zero-order chi connectivity index (χ0) is 17.3. The third-order valence-corrected chi connectivity index (χ3v) is 4.46. The SMILES string of the molecule is CN(C)c1ccc(C2=NC(=S)NC(c3cc(Cl)ccc3O)C2)cc1. The average molecular weight is 360 g/mol. The number of nitrogens with zero attached hydrogens (tertiary/aromatic N) is 2. The van der Waals surface area contributed by atoms with Crippen molar-refractivity contribution >= 4 is 40.3 Å². The van der Waals surface area contributed by atoms with Crippen LogP contribution in [-0.4, -0.2) is 30.0 Å². The van der Waals surface area contributed by atoms with E-state index in [1.54, 1.807) is 18.2 Å². The molecule has 24 heavy (non-hydrogen) atoms. The van der Waals surface area contributed by atoms with Gasteiger partial charge in [0, 0.05) is 36.8 Å². The first-order valence-electron chi connectivity index (χ1n) is 7.58. The zero-order valence-corrected chi connectivity index (χ0v) is 15.0. The molecule has 0 aliphatic carbocycles. The first-order chi connectivity index (χ1) is 11.4. The number of anilines is 1. The molecule has 0 saturated carbocycles. The van der Waals surface area contributed by atoms with Crippen LogP contribution in [0.15, 0.2) is 47.5 Å². The number of halogens is 1. The Labute approximate surface area is 151 Å². The summed E-state index contributed by atoms with van der Waals surface area (Å²) in [5.41, 5.74) is 3.77. The predicted molar refractivity (Wildman–Crippen MR) is 104 cm³/mol. The second-order valence-electron chi connectivity index (χ2n) is 5.91. The van der Waals surface area contributed by atoms with Gasteiger partial charge in [0.2, 0.25) is 0 Å². The molecule has 0 aromatic heterocycles. The maximum Gasteiger partial charge on any atom is 0.193 e. The van der Waals surface area contributed by atoms with Crippen LogP contribution >= 0.6 is 23.8 Å². The van der Waals surface area contributed by atoms with Crippen LogP contribution in [0.4, 0.5) is 5.69 Å². The Balaban J connectivity index is 1.90. The molecule has 2 N–H and O–H groups in total. The Kier molecular flexibility index (Phi) is 4.73. The fourth-order valence-corrected chi connectivity index (χ4v) is 3.15. The van der Waals surface area contributed by atoms with E-state index >= 15 is 0 Å². The number of hydrogen-bond donors (Lipinski definition) is 2. The van der Waals surface area contributed by atoms with Crippen molar-refractivity contribution in [3.8, 4) is 5.75 Å². The van der Waals surface area contributed by atoms with Gasteiger partial charge >= 0.3 is 0 Å². The molecule has 1 heterocycles. The summed E-state index contributed by atoms with van der Waals surface area (Å²) in [5, 5.41) is 14.3. The minimum absolute atomic E-state index is 0.155. The molecule has 0 fully saturated rings. The molecule has 4 nitrogen and oxygen atoms in total. The van der Waals surface area contributed by atoms with Gasteiger partial charge in [0.05, 0.1) is 11.8 Å². The largest absolute Gasteiger partial charge is 0.508 e. The van der Waals surface area contributed by atoms with E-state index in [1.807, 2.05) is 31.1 Å². The van der Waals surface area contributed by atoms with Gasteiger partial charge in [0.25, 0.3) is 0 Å². The number of nitrogens with one attached hydrogen (secondary N) is 1. The molecule has 2 aromatic rings. The number of hydrogen-bond acceptors (Lipinski definition) is 3.